The SMILES string of the molecule is COCCCNC(=O)c1cc(C=CC(=O)O)ccc1F. The first-order valence-corrected chi connectivity index (χ1v) is 6.02. The zero-order valence-corrected chi connectivity index (χ0v) is 11.1. The van der Waals surface area contributed by atoms with Crippen molar-refractivity contribution in [2.24, 2.45) is 0 Å². The minimum atomic E-state index is -1.11. The highest BCUT2D eigenvalue weighted by atomic mass is 19.1. The predicted octanol–water partition coefficient (Wildman–Crippen LogP) is 1.69. The van der Waals surface area contributed by atoms with E-state index in [0.717, 1.165) is 12.1 Å². The molecule has 0 aliphatic rings. The van der Waals surface area contributed by atoms with Crippen LogP contribution in [0.3, 0.4) is 0 Å². The Bertz CT molecular complexity index is 514. The number of amides is 1. The van der Waals surface area contributed by atoms with Crippen LogP contribution in [0.5, 0.6) is 0 Å². The average Bonchev–Trinajstić information content (AvgIpc) is 2.42. The Morgan fingerprint density at radius 1 is 1.45 bits per heavy atom. The lowest BCUT2D eigenvalue weighted by molar-refractivity contribution is -0.131. The summed E-state index contributed by atoms with van der Waals surface area (Å²) in [6.45, 7) is 0.880. The standard InChI is InChI=1S/C14H16FNO4/c1-20-8-2-7-16-14(19)11-9-10(3-5-12(11)15)4-6-13(17)18/h3-6,9H,2,7-8H2,1H3,(H,16,19)(H,17,18). The molecule has 0 bridgehead atoms. The van der Waals surface area contributed by atoms with E-state index in [0.29, 0.717) is 25.1 Å². The van der Waals surface area contributed by atoms with E-state index in [4.69, 9.17) is 9.84 Å². The molecular formula is C14H16FNO4. The Kier molecular flexibility index (Phi) is 6.39. The van der Waals surface area contributed by atoms with Gasteiger partial charge in [-0.3, -0.25) is 4.79 Å². The first-order chi connectivity index (χ1) is 9.54. The summed E-state index contributed by atoms with van der Waals surface area (Å²) in [5.74, 6) is -2.30. The maximum atomic E-state index is 13.6. The number of ether oxygens (including phenoxy) is 1. The van der Waals surface area contributed by atoms with Gasteiger partial charge in [0.2, 0.25) is 0 Å². The quantitative estimate of drug-likeness (QED) is 0.589. The Balaban J connectivity index is 2.75. The summed E-state index contributed by atoms with van der Waals surface area (Å²) in [7, 11) is 1.56. The molecule has 5 nitrogen and oxygen atoms in total. The minimum absolute atomic E-state index is 0.116. The van der Waals surface area contributed by atoms with E-state index in [1.165, 1.54) is 18.2 Å². The van der Waals surface area contributed by atoms with E-state index in [-0.39, 0.29) is 5.56 Å². The van der Waals surface area contributed by atoms with E-state index < -0.39 is 17.7 Å². The molecule has 0 aliphatic heterocycles. The van der Waals surface area contributed by atoms with Gasteiger partial charge >= 0.3 is 5.97 Å². The Hall–Kier alpha value is -2.21. The zero-order valence-electron chi connectivity index (χ0n) is 11.1. The predicted molar refractivity (Wildman–Crippen MR) is 71.9 cm³/mol. The number of rotatable bonds is 7. The lowest BCUT2D eigenvalue weighted by Gasteiger charge is -2.06. The van der Waals surface area contributed by atoms with Gasteiger partial charge in [0.05, 0.1) is 5.56 Å². The van der Waals surface area contributed by atoms with Crippen LogP contribution in [0.25, 0.3) is 6.08 Å². The fourth-order valence-corrected chi connectivity index (χ4v) is 1.50. The van der Waals surface area contributed by atoms with Gasteiger partial charge in [0, 0.05) is 26.3 Å². The molecule has 0 heterocycles. The Labute approximate surface area is 116 Å². The second kappa shape index (κ2) is 8.06. The number of benzene rings is 1. The number of carboxylic acid groups (broad SMARTS) is 1. The van der Waals surface area contributed by atoms with Crippen molar-refractivity contribution in [3.8, 4) is 0 Å². The molecule has 0 spiro atoms. The molecule has 0 atom stereocenters. The van der Waals surface area contributed by atoms with Crippen LogP contribution in [0.4, 0.5) is 4.39 Å². The summed E-state index contributed by atoms with van der Waals surface area (Å²) < 4.78 is 18.4. The molecule has 2 N–H and O–H groups in total. The van der Waals surface area contributed by atoms with Crippen molar-refractivity contribution in [1.29, 1.82) is 0 Å². The summed E-state index contributed by atoms with van der Waals surface area (Å²) in [5.41, 5.74) is 0.325. The van der Waals surface area contributed by atoms with Crippen LogP contribution in [-0.4, -0.2) is 37.2 Å². The Morgan fingerprint density at radius 3 is 2.85 bits per heavy atom. The maximum Gasteiger partial charge on any atom is 0.328 e. The zero-order chi connectivity index (χ0) is 15.0. The van der Waals surface area contributed by atoms with Crippen molar-refractivity contribution in [2.75, 3.05) is 20.3 Å². The van der Waals surface area contributed by atoms with Gasteiger partial charge in [-0.25, -0.2) is 9.18 Å². The fourth-order valence-electron chi connectivity index (χ4n) is 1.50. The number of carbonyl (C=O) groups excluding carboxylic acids is 1. The van der Waals surface area contributed by atoms with E-state index in [2.05, 4.69) is 5.32 Å². The number of hydrogen-bond acceptors (Lipinski definition) is 3. The molecule has 0 fully saturated rings. The molecule has 0 unspecified atom stereocenters. The molecule has 0 aromatic heterocycles. The maximum absolute atomic E-state index is 13.6. The highest BCUT2D eigenvalue weighted by Gasteiger charge is 2.11. The fraction of sp³-hybridized carbons (Fsp3) is 0.286. The number of carbonyl (C=O) groups is 2. The third kappa shape index (κ3) is 5.19. The van der Waals surface area contributed by atoms with Gasteiger partial charge in [-0.1, -0.05) is 6.07 Å². The molecule has 0 aliphatic carbocycles. The highest BCUT2D eigenvalue weighted by molar-refractivity contribution is 5.95. The summed E-state index contributed by atoms with van der Waals surface area (Å²) in [5, 5.41) is 11.1. The van der Waals surface area contributed by atoms with Gasteiger partial charge < -0.3 is 15.2 Å². The van der Waals surface area contributed by atoms with Crippen molar-refractivity contribution >= 4 is 18.0 Å². The number of hydrogen-bond donors (Lipinski definition) is 2. The van der Waals surface area contributed by atoms with Crippen molar-refractivity contribution in [3.63, 3.8) is 0 Å². The van der Waals surface area contributed by atoms with E-state index >= 15 is 0 Å². The van der Waals surface area contributed by atoms with Gasteiger partial charge in [0.1, 0.15) is 5.82 Å². The third-order valence-corrected chi connectivity index (χ3v) is 2.46. The van der Waals surface area contributed by atoms with Gasteiger partial charge in [-0.2, -0.15) is 0 Å². The average molecular weight is 281 g/mol. The lowest BCUT2D eigenvalue weighted by Crippen LogP contribution is -2.26. The van der Waals surface area contributed by atoms with Gasteiger partial charge in [-0.05, 0) is 30.2 Å². The van der Waals surface area contributed by atoms with Crippen LogP contribution in [-0.2, 0) is 9.53 Å². The second-order valence-corrected chi connectivity index (χ2v) is 4.01. The molecule has 0 saturated carbocycles. The molecule has 6 heteroatoms. The molecule has 1 aromatic carbocycles. The largest absolute Gasteiger partial charge is 0.478 e. The smallest absolute Gasteiger partial charge is 0.328 e. The van der Waals surface area contributed by atoms with E-state index in [1.807, 2.05) is 0 Å². The molecular weight excluding hydrogens is 265 g/mol. The topological polar surface area (TPSA) is 75.6 Å². The summed E-state index contributed by atoms with van der Waals surface area (Å²) in [6.07, 6.45) is 2.85. The minimum Gasteiger partial charge on any atom is -0.478 e. The van der Waals surface area contributed by atoms with Crippen molar-refractivity contribution in [1.82, 2.24) is 5.32 Å². The number of carboxylic acids is 1. The summed E-state index contributed by atoms with van der Waals surface area (Å²) in [4.78, 5) is 22.2. The normalized spacial score (nSPS) is 10.7. The van der Waals surface area contributed by atoms with Crippen LogP contribution in [0, 0.1) is 5.82 Å². The van der Waals surface area contributed by atoms with Crippen LogP contribution >= 0.6 is 0 Å². The van der Waals surface area contributed by atoms with Crippen molar-refractivity contribution in [3.05, 3.63) is 41.2 Å². The molecule has 108 valence electrons. The molecule has 1 amide bonds. The monoisotopic (exact) mass is 281 g/mol. The van der Waals surface area contributed by atoms with E-state index in [9.17, 15) is 14.0 Å². The second-order valence-electron chi connectivity index (χ2n) is 4.01. The first kappa shape index (κ1) is 15.8. The number of halogens is 1. The third-order valence-electron chi connectivity index (χ3n) is 2.46. The summed E-state index contributed by atoms with van der Waals surface area (Å²) >= 11 is 0. The van der Waals surface area contributed by atoms with Crippen LogP contribution < -0.4 is 5.32 Å². The van der Waals surface area contributed by atoms with Crippen molar-refractivity contribution in [2.45, 2.75) is 6.42 Å². The highest BCUT2D eigenvalue weighted by Crippen LogP contribution is 2.12. The molecule has 1 aromatic rings. The number of methoxy groups -OCH3 is 1. The molecule has 0 radical (unpaired) electrons. The molecule has 0 saturated heterocycles. The van der Waals surface area contributed by atoms with Crippen LogP contribution in [0.15, 0.2) is 24.3 Å². The van der Waals surface area contributed by atoms with E-state index in [1.54, 1.807) is 7.11 Å². The molecule has 20 heavy (non-hydrogen) atoms. The number of nitrogens with one attached hydrogen (secondary N) is 1. The van der Waals surface area contributed by atoms with Crippen LogP contribution in [0.1, 0.15) is 22.3 Å². The van der Waals surface area contributed by atoms with Crippen molar-refractivity contribution < 1.29 is 23.8 Å². The Morgan fingerprint density at radius 2 is 2.20 bits per heavy atom. The van der Waals surface area contributed by atoms with Crippen LogP contribution in [0.2, 0.25) is 0 Å². The lowest BCUT2D eigenvalue weighted by atomic mass is 10.1. The summed E-state index contributed by atoms with van der Waals surface area (Å²) in [6, 6.07) is 3.84. The van der Waals surface area contributed by atoms with Gasteiger partial charge in [-0.15, -0.1) is 0 Å². The molecule has 1 rings (SSSR count). The first-order valence-electron chi connectivity index (χ1n) is 6.02. The number of aliphatic carboxylic acids is 1. The van der Waals surface area contributed by atoms with Gasteiger partial charge in [0.25, 0.3) is 5.91 Å². The van der Waals surface area contributed by atoms with Gasteiger partial charge in [0.15, 0.2) is 0 Å².